The van der Waals surface area contributed by atoms with Crippen LogP contribution in [0.1, 0.15) is 61.9 Å². The number of nitrogens with zero attached hydrogens (tertiary/aromatic N) is 3. The van der Waals surface area contributed by atoms with E-state index in [1.54, 1.807) is 7.05 Å². The number of hydroxylamine groups is 2. The van der Waals surface area contributed by atoms with Crippen LogP contribution in [0.15, 0.2) is 36.5 Å². The molecule has 2 aliphatic heterocycles. The summed E-state index contributed by atoms with van der Waals surface area (Å²) in [7, 11) is 1.71. The minimum Gasteiger partial charge on any atom is -0.371 e. The van der Waals surface area contributed by atoms with Gasteiger partial charge in [0.15, 0.2) is 0 Å². The quantitative estimate of drug-likeness (QED) is 0.705. The summed E-state index contributed by atoms with van der Waals surface area (Å²) in [5.74, 6) is 0. The van der Waals surface area contributed by atoms with Crippen molar-refractivity contribution in [2.24, 2.45) is 0 Å². The van der Waals surface area contributed by atoms with Crippen LogP contribution >= 0.6 is 0 Å². The first kappa shape index (κ1) is 23.7. The zero-order valence-electron chi connectivity index (χ0n) is 19.6. The van der Waals surface area contributed by atoms with E-state index in [0.29, 0.717) is 12.6 Å². The Labute approximate surface area is 188 Å². The van der Waals surface area contributed by atoms with E-state index in [1.165, 1.54) is 84.7 Å². The van der Waals surface area contributed by atoms with E-state index in [-0.39, 0.29) is 0 Å². The van der Waals surface area contributed by atoms with Gasteiger partial charge < -0.3 is 15.4 Å². The smallest absolute Gasteiger partial charge is 0.0435 e. The second-order valence-electron chi connectivity index (χ2n) is 8.55. The number of rotatable bonds is 3. The number of hydrogen-bond acceptors (Lipinski definition) is 5. The van der Waals surface area contributed by atoms with Crippen LogP contribution in [0.3, 0.4) is 0 Å². The maximum atomic E-state index is 9.42. The van der Waals surface area contributed by atoms with Gasteiger partial charge in [0.05, 0.1) is 0 Å². The Morgan fingerprint density at radius 2 is 1.77 bits per heavy atom. The number of pyridine rings is 1. The predicted octanol–water partition coefficient (Wildman–Crippen LogP) is 4.61. The molecule has 3 heterocycles. The van der Waals surface area contributed by atoms with Gasteiger partial charge in [0.2, 0.25) is 0 Å². The Hall–Kier alpha value is -1.95. The third kappa shape index (κ3) is 6.52. The molecular weight excluding hydrogens is 384 g/mol. The van der Waals surface area contributed by atoms with Gasteiger partial charge in [-0.15, -0.1) is 0 Å². The highest BCUT2D eigenvalue weighted by molar-refractivity contribution is 5.58. The largest absolute Gasteiger partial charge is 0.371 e. The molecular formula is C26H40N4O. The maximum Gasteiger partial charge on any atom is 0.0435 e. The third-order valence-electron chi connectivity index (χ3n) is 6.31. The number of nitrogens with one attached hydrogen (secondary N) is 1. The molecule has 3 aliphatic rings. The molecule has 1 aromatic carbocycles. The molecule has 0 bridgehead atoms. The zero-order valence-corrected chi connectivity index (χ0v) is 19.6. The fourth-order valence-electron chi connectivity index (χ4n) is 4.83. The second kappa shape index (κ2) is 12.2. The molecule has 1 fully saturated rings. The number of likely N-dealkylation sites (N-methyl/N-ethyl adjacent to an activating group) is 1. The fourth-order valence-corrected chi connectivity index (χ4v) is 4.83. The van der Waals surface area contributed by atoms with Crippen molar-refractivity contribution in [3.05, 3.63) is 58.9 Å². The third-order valence-corrected chi connectivity index (χ3v) is 6.31. The highest BCUT2D eigenvalue weighted by Crippen LogP contribution is 2.30. The number of anilines is 1. The molecule has 31 heavy (non-hydrogen) atoms. The summed E-state index contributed by atoms with van der Waals surface area (Å²) in [6.07, 6.45) is 10.6. The van der Waals surface area contributed by atoms with E-state index in [2.05, 4.69) is 39.5 Å². The highest BCUT2D eigenvalue weighted by Gasteiger charge is 2.24. The molecule has 1 atom stereocenters. The number of fused-ring (bicyclic) bond motifs is 2. The van der Waals surface area contributed by atoms with Gasteiger partial charge >= 0.3 is 0 Å². The van der Waals surface area contributed by atoms with E-state index >= 15 is 0 Å². The average molecular weight is 425 g/mol. The fraction of sp³-hybridized carbons (Fsp3) is 0.577. The van der Waals surface area contributed by atoms with Crippen LogP contribution in [0, 0.1) is 0 Å². The van der Waals surface area contributed by atoms with Gasteiger partial charge in [-0.25, -0.2) is 0 Å². The number of hydrogen-bond donors (Lipinski definition) is 2. The van der Waals surface area contributed by atoms with Crippen molar-refractivity contribution < 1.29 is 5.21 Å². The Bertz CT molecular complexity index is 777. The molecule has 2 N–H and O–H groups in total. The SMILES string of the molecule is CC.CN(O)CC1Cc2c(cccc2N2CCCC2)CN1.c1cnc2c(c1)CCCC2. The Morgan fingerprint density at radius 1 is 1.03 bits per heavy atom. The number of aryl methyl sites for hydroxylation is 2. The summed E-state index contributed by atoms with van der Waals surface area (Å²) in [5.41, 5.74) is 7.11. The monoisotopic (exact) mass is 424 g/mol. The van der Waals surface area contributed by atoms with Crippen LogP contribution in [0.25, 0.3) is 0 Å². The van der Waals surface area contributed by atoms with Gasteiger partial charge in [0, 0.05) is 56.8 Å². The van der Waals surface area contributed by atoms with E-state index in [0.717, 1.165) is 13.0 Å². The molecule has 0 saturated carbocycles. The highest BCUT2D eigenvalue weighted by atomic mass is 16.5. The Morgan fingerprint density at radius 3 is 2.52 bits per heavy atom. The van der Waals surface area contributed by atoms with Crippen LogP contribution in [0.4, 0.5) is 5.69 Å². The lowest BCUT2D eigenvalue weighted by atomic mass is 9.93. The Kier molecular flexibility index (Phi) is 9.31. The topological polar surface area (TPSA) is 51.6 Å². The predicted molar refractivity (Wildman–Crippen MR) is 129 cm³/mol. The molecule has 0 amide bonds. The van der Waals surface area contributed by atoms with Gasteiger partial charge in [-0.2, -0.15) is 5.06 Å². The molecule has 5 rings (SSSR count). The first-order valence-electron chi connectivity index (χ1n) is 12.1. The van der Waals surface area contributed by atoms with Crippen LogP contribution in [-0.4, -0.2) is 48.0 Å². The first-order valence-corrected chi connectivity index (χ1v) is 12.1. The molecule has 1 unspecified atom stereocenters. The average Bonchev–Trinajstić information content (AvgIpc) is 3.35. The standard InChI is InChI=1S/C15H23N3O.C9H11N.C2H6/c1-17(19)11-13-9-14-12(10-16-13)5-4-6-15(14)18-7-2-3-8-18;1-2-6-9-8(4-1)5-3-7-10-9;1-2/h4-6,13,16,19H,2-3,7-11H2,1H3;3,5,7H,1-2,4,6H2;1-2H3. The molecule has 1 saturated heterocycles. The summed E-state index contributed by atoms with van der Waals surface area (Å²) in [6, 6.07) is 11.2. The van der Waals surface area contributed by atoms with E-state index < -0.39 is 0 Å². The van der Waals surface area contributed by atoms with Crippen molar-refractivity contribution in [1.82, 2.24) is 15.4 Å². The molecule has 5 nitrogen and oxygen atoms in total. The lowest BCUT2D eigenvalue weighted by Gasteiger charge is -2.31. The minimum atomic E-state index is 0.339. The molecule has 1 aromatic heterocycles. The zero-order chi connectivity index (χ0) is 22.1. The molecule has 0 spiro atoms. The van der Waals surface area contributed by atoms with Crippen molar-refractivity contribution >= 4 is 5.69 Å². The molecule has 5 heteroatoms. The lowest BCUT2D eigenvalue weighted by molar-refractivity contribution is -0.0715. The summed E-state index contributed by atoms with van der Waals surface area (Å²) >= 11 is 0. The van der Waals surface area contributed by atoms with E-state index in [1.807, 2.05) is 26.1 Å². The number of aromatic nitrogens is 1. The summed E-state index contributed by atoms with van der Waals surface area (Å²) in [4.78, 5) is 6.84. The van der Waals surface area contributed by atoms with Crippen molar-refractivity contribution in [3.63, 3.8) is 0 Å². The molecule has 0 radical (unpaired) electrons. The second-order valence-corrected chi connectivity index (χ2v) is 8.55. The van der Waals surface area contributed by atoms with Crippen LogP contribution < -0.4 is 10.2 Å². The van der Waals surface area contributed by atoms with E-state index in [4.69, 9.17) is 0 Å². The van der Waals surface area contributed by atoms with Crippen LogP contribution in [0.5, 0.6) is 0 Å². The minimum absolute atomic E-state index is 0.339. The van der Waals surface area contributed by atoms with Crippen molar-refractivity contribution in [2.45, 2.75) is 71.4 Å². The first-order chi connectivity index (χ1) is 15.2. The van der Waals surface area contributed by atoms with Gasteiger partial charge in [0.1, 0.15) is 0 Å². The molecule has 1 aliphatic carbocycles. The van der Waals surface area contributed by atoms with Crippen molar-refractivity contribution in [3.8, 4) is 0 Å². The van der Waals surface area contributed by atoms with Gasteiger partial charge in [-0.1, -0.05) is 32.0 Å². The normalized spacial score (nSPS) is 19.5. The summed E-state index contributed by atoms with van der Waals surface area (Å²) in [5, 5.41) is 14.2. The van der Waals surface area contributed by atoms with Crippen LogP contribution in [-0.2, 0) is 25.8 Å². The van der Waals surface area contributed by atoms with E-state index in [9.17, 15) is 5.21 Å². The van der Waals surface area contributed by atoms with Gasteiger partial charge in [-0.05, 0) is 73.8 Å². The Balaban J connectivity index is 0.000000190. The van der Waals surface area contributed by atoms with Crippen molar-refractivity contribution in [1.29, 1.82) is 0 Å². The van der Waals surface area contributed by atoms with Gasteiger partial charge in [-0.3, -0.25) is 4.98 Å². The molecule has 170 valence electrons. The van der Waals surface area contributed by atoms with Gasteiger partial charge in [0.25, 0.3) is 0 Å². The summed E-state index contributed by atoms with van der Waals surface area (Å²) < 4.78 is 0. The summed E-state index contributed by atoms with van der Waals surface area (Å²) in [6.45, 7) is 7.96. The van der Waals surface area contributed by atoms with Crippen LogP contribution in [0.2, 0.25) is 0 Å². The lowest BCUT2D eigenvalue weighted by Crippen LogP contribution is -2.43. The number of benzene rings is 1. The maximum absolute atomic E-state index is 9.42. The molecule has 2 aromatic rings. The van der Waals surface area contributed by atoms with Crippen molar-refractivity contribution in [2.75, 3.05) is 31.6 Å².